The minimum absolute atomic E-state index is 0.0352. The average Bonchev–Trinajstić information content (AvgIpc) is 3.30. The number of benzene rings is 2. The standard InChI is InChI=1S/C22H23NO7S/c1-29-17-11-9-16(10-12-17)20(25)23-19(24)15-30-21(26)22(13-5-6-14-22)31(27,28)18-7-3-2-4-8-18/h2-4,7-12H,5-6,13-15H2,1H3,(H,23,24,25). The molecule has 1 N–H and O–H groups in total. The first-order valence-corrected chi connectivity index (χ1v) is 11.2. The molecule has 0 unspecified atom stereocenters. The molecule has 2 aromatic rings. The topological polar surface area (TPSA) is 116 Å². The summed E-state index contributed by atoms with van der Waals surface area (Å²) in [4.78, 5) is 37.1. The van der Waals surface area contributed by atoms with Crippen LogP contribution in [0.4, 0.5) is 0 Å². The van der Waals surface area contributed by atoms with Crippen molar-refractivity contribution in [3.8, 4) is 5.75 Å². The zero-order valence-electron chi connectivity index (χ0n) is 17.0. The van der Waals surface area contributed by atoms with Gasteiger partial charge in [-0.2, -0.15) is 0 Å². The van der Waals surface area contributed by atoms with Crippen LogP contribution in [0.5, 0.6) is 5.75 Å². The molecule has 0 atom stereocenters. The predicted molar refractivity (Wildman–Crippen MR) is 111 cm³/mol. The van der Waals surface area contributed by atoms with E-state index >= 15 is 0 Å². The summed E-state index contributed by atoms with van der Waals surface area (Å²) >= 11 is 0. The summed E-state index contributed by atoms with van der Waals surface area (Å²) < 4.78 is 34.7. The maximum atomic E-state index is 13.2. The second-order valence-electron chi connectivity index (χ2n) is 7.20. The van der Waals surface area contributed by atoms with E-state index in [9.17, 15) is 22.8 Å². The second kappa shape index (κ2) is 9.30. The first kappa shape index (κ1) is 22.5. The Morgan fingerprint density at radius 2 is 1.58 bits per heavy atom. The van der Waals surface area contributed by atoms with Gasteiger partial charge in [0, 0.05) is 5.56 Å². The van der Waals surface area contributed by atoms with Crippen molar-refractivity contribution in [2.24, 2.45) is 0 Å². The maximum absolute atomic E-state index is 13.2. The van der Waals surface area contributed by atoms with E-state index in [1.807, 2.05) is 0 Å². The molecule has 1 aliphatic rings. The number of hydrogen-bond donors (Lipinski definition) is 1. The van der Waals surface area contributed by atoms with E-state index in [-0.39, 0.29) is 23.3 Å². The van der Waals surface area contributed by atoms with Gasteiger partial charge in [-0.05, 0) is 49.2 Å². The number of rotatable bonds is 7. The average molecular weight is 445 g/mol. The fourth-order valence-electron chi connectivity index (χ4n) is 3.59. The van der Waals surface area contributed by atoms with E-state index in [0.717, 1.165) is 0 Å². The van der Waals surface area contributed by atoms with Crippen LogP contribution in [0.25, 0.3) is 0 Å². The number of esters is 1. The van der Waals surface area contributed by atoms with Crippen LogP contribution in [-0.2, 0) is 24.2 Å². The van der Waals surface area contributed by atoms with Crippen molar-refractivity contribution in [2.75, 3.05) is 13.7 Å². The molecule has 0 aromatic heterocycles. The van der Waals surface area contributed by atoms with Crippen molar-refractivity contribution in [1.29, 1.82) is 0 Å². The lowest BCUT2D eigenvalue weighted by molar-refractivity contribution is -0.150. The number of ether oxygens (including phenoxy) is 2. The fourth-order valence-corrected chi connectivity index (χ4v) is 5.66. The molecule has 0 spiro atoms. The van der Waals surface area contributed by atoms with E-state index in [0.29, 0.717) is 18.6 Å². The van der Waals surface area contributed by atoms with Gasteiger partial charge in [-0.15, -0.1) is 0 Å². The fraction of sp³-hybridized carbons (Fsp3) is 0.318. The van der Waals surface area contributed by atoms with Gasteiger partial charge in [-0.25, -0.2) is 8.42 Å². The first-order valence-electron chi connectivity index (χ1n) is 9.75. The molecule has 0 heterocycles. The summed E-state index contributed by atoms with van der Waals surface area (Å²) in [5.41, 5.74) is 0.222. The SMILES string of the molecule is COc1ccc(C(=O)NC(=O)COC(=O)C2(S(=O)(=O)c3ccccc3)CCCC2)cc1. The van der Waals surface area contributed by atoms with Crippen LogP contribution < -0.4 is 10.1 Å². The molecule has 1 aliphatic carbocycles. The number of carbonyl (C=O) groups excluding carboxylic acids is 3. The Labute approximate surface area is 180 Å². The molecule has 0 radical (unpaired) electrons. The zero-order chi connectivity index (χ0) is 22.5. The molecule has 8 nitrogen and oxygen atoms in total. The van der Waals surface area contributed by atoms with Gasteiger partial charge in [-0.1, -0.05) is 31.0 Å². The quantitative estimate of drug-likeness (QED) is 0.650. The minimum atomic E-state index is -4.01. The van der Waals surface area contributed by atoms with E-state index < -0.39 is 39.0 Å². The number of hydrogen-bond acceptors (Lipinski definition) is 7. The number of sulfone groups is 1. The number of imide groups is 1. The smallest absolute Gasteiger partial charge is 0.328 e. The molecule has 9 heteroatoms. The molecule has 0 bridgehead atoms. The monoisotopic (exact) mass is 445 g/mol. The summed E-state index contributed by atoms with van der Waals surface area (Å²) in [6.45, 7) is -0.757. The molecule has 2 amide bonds. The Morgan fingerprint density at radius 1 is 0.968 bits per heavy atom. The van der Waals surface area contributed by atoms with E-state index in [4.69, 9.17) is 9.47 Å². The lowest BCUT2D eigenvalue weighted by Gasteiger charge is -2.26. The molecule has 1 saturated carbocycles. The van der Waals surface area contributed by atoms with Gasteiger partial charge in [0.05, 0.1) is 12.0 Å². The third-order valence-electron chi connectivity index (χ3n) is 5.29. The molecule has 3 rings (SSSR count). The highest BCUT2D eigenvalue weighted by Gasteiger charge is 2.54. The first-order chi connectivity index (χ1) is 14.8. The van der Waals surface area contributed by atoms with Crippen LogP contribution in [0.3, 0.4) is 0 Å². The van der Waals surface area contributed by atoms with Crippen molar-refractivity contribution in [1.82, 2.24) is 5.32 Å². The van der Waals surface area contributed by atoms with Gasteiger partial charge in [0.2, 0.25) is 0 Å². The Morgan fingerprint density at radius 3 is 2.16 bits per heavy atom. The molecular weight excluding hydrogens is 422 g/mol. The summed E-state index contributed by atoms with van der Waals surface area (Å²) in [5, 5.41) is 2.12. The molecule has 0 aliphatic heterocycles. The van der Waals surface area contributed by atoms with Gasteiger partial charge < -0.3 is 9.47 Å². The van der Waals surface area contributed by atoms with Crippen LogP contribution in [0.15, 0.2) is 59.5 Å². The highest BCUT2D eigenvalue weighted by Crippen LogP contribution is 2.41. The van der Waals surface area contributed by atoms with Crippen LogP contribution >= 0.6 is 0 Å². The summed E-state index contributed by atoms with van der Waals surface area (Å²) in [7, 11) is -2.52. The third-order valence-corrected chi connectivity index (χ3v) is 7.79. The summed E-state index contributed by atoms with van der Waals surface area (Å²) in [5.74, 6) is -1.94. The van der Waals surface area contributed by atoms with Crippen molar-refractivity contribution < 1.29 is 32.3 Å². The van der Waals surface area contributed by atoms with Crippen molar-refractivity contribution in [3.05, 3.63) is 60.2 Å². The van der Waals surface area contributed by atoms with Gasteiger partial charge in [-0.3, -0.25) is 19.7 Å². The van der Waals surface area contributed by atoms with Crippen LogP contribution in [-0.4, -0.2) is 44.7 Å². The number of nitrogens with one attached hydrogen (secondary N) is 1. The van der Waals surface area contributed by atoms with Crippen molar-refractivity contribution in [2.45, 2.75) is 35.3 Å². The Balaban J connectivity index is 1.66. The number of methoxy groups -OCH3 is 1. The minimum Gasteiger partial charge on any atom is -0.497 e. The van der Waals surface area contributed by atoms with Crippen molar-refractivity contribution >= 4 is 27.6 Å². The Kier molecular flexibility index (Phi) is 6.74. The van der Waals surface area contributed by atoms with Crippen molar-refractivity contribution in [3.63, 3.8) is 0 Å². The van der Waals surface area contributed by atoms with E-state index in [1.54, 1.807) is 30.3 Å². The van der Waals surface area contributed by atoms with Gasteiger partial charge in [0.25, 0.3) is 11.8 Å². The van der Waals surface area contributed by atoms with Gasteiger partial charge in [0.1, 0.15) is 5.75 Å². The molecular formula is C22H23NO7S. The molecule has 0 saturated heterocycles. The van der Waals surface area contributed by atoms with E-state index in [2.05, 4.69) is 5.32 Å². The van der Waals surface area contributed by atoms with E-state index in [1.165, 1.54) is 31.4 Å². The molecule has 1 fully saturated rings. The highest BCUT2D eigenvalue weighted by atomic mass is 32.2. The highest BCUT2D eigenvalue weighted by molar-refractivity contribution is 7.93. The lowest BCUT2D eigenvalue weighted by Crippen LogP contribution is -2.46. The van der Waals surface area contributed by atoms with Crippen LogP contribution in [0, 0.1) is 0 Å². The third kappa shape index (κ3) is 4.61. The lowest BCUT2D eigenvalue weighted by atomic mass is 10.1. The largest absolute Gasteiger partial charge is 0.497 e. The normalized spacial score (nSPS) is 15.1. The summed E-state index contributed by atoms with van der Waals surface area (Å²) in [6, 6.07) is 13.8. The summed E-state index contributed by atoms with van der Waals surface area (Å²) in [6.07, 6.45) is 1.36. The van der Waals surface area contributed by atoms with Crippen LogP contribution in [0.2, 0.25) is 0 Å². The zero-order valence-corrected chi connectivity index (χ0v) is 17.8. The maximum Gasteiger partial charge on any atom is 0.328 e. The predicted octanol–water partition coefficient (Wildman–Crippen LogP) is 2.28. The van der Waals surface area contributed by atoms with Crippen LogP contribution in [0.1, 0.15) is 36.0 Å². The van der Waals surface area contributed by atoms with Gasteiger partial charge in [0.15, 0.2) is 21.2 Å². The van der Waals surface area contributed by atoms with Gasteiger partial charge >= 0.3 is 5.97 Å². The molecule has 2 aromatic carbocycles. The molecule has 31 heavy (non-hydrogen) atoms. The second-order valence-corrected chi connectivity index (χ2v) is 9.46. The Hall–Kier alpha value is -3.20. The number of carbonyl (C=O) groups is 3. The Bertz CT molecular complexity index is 1060. The number of amides is 2. The molecule has 164 valence electrons.